The molecule has 0 saturated carbocycles. The van der Waals surface area contributed by atoms with Crippen molar-refractivity contribution >= 4 is 43.5 Å². The molecule has 2 aromatic carbocycles. The predicted octanol–water partition coefficient (Wildman–Crippen LogP) is 4.75. The number of hydrogen-bond donors (Lipinski definition) is 1. The first-order chi connectivity index (χ1) is 10.0. The van der Waals surface area contributed by atoms with Crippen molar-refractivity contribution in [3.63, 3.8) is 0 Å². The average molecular weight is 417 g/mol. The standard InChI is InChI=1S/C15H12Br2FNO2/c1-21-15(20)11-7-10(3-5-14(11)18)19-8-9-2-4-12(16)13(17)6-9/h2-7,19H,8H2,1H3. The van der Waals surface area contributed by atoms with E-state index in [0.29, 0.717) is 12.2 Å². The third kappa shape index (κ3) is 4.04. The number of anilines is 1. The highest BCUT2D eigenvalue weighted by Crippen LogP contribution is 2.24. The van der Waals surface area contributed by atoms with Gasteiger partial charge in [0.05, 0.1) is 12.7 Å². The molecule has 6 heteroatoms. The molecule has 0 fully saturated rings. The fourth-order valence-corrected chi connectivity index (χ4v) is 2.43. The van der Waals surface area contributed by atoms with E-state index in [-0.39, 0.29) is 5.56 Å². The zero-order valence-corrected chi connectivity index (χ0v) is 14.3. The van der Waals surface area contributed by atoms with E-state index in [1.54, 1.807) is 6.07 Å². The number of halogens is 3. The molecule has 0 radical (unpaired) electrons. The summed E-state index contributed by atoms with van der Waals surface area (Å²) in [7, 11) is 1.22. The Morgan fingerprint density at radius 1 is 1.19 bits per heavy atom. The van der Waals surface area contributed by atoms with Gasteiger partial charge in [0.25, 0.3) is 0 Å². The Kier molecular flexibility index (Phi) is 5.36. The van der Waals surface area contributed by atoms with E-state index in [1.807, 2.05) is 18.2 Å². The first-order valence-electron chi connectivity index (χ1n) is 6.07. The number of rotatable bonds is 4. The Morgan fingerprint density at radius 3 is 2.62 bits per heavy atom. The van der Waals surface area contributed by atoms with Gasteiger partial charge in [0.15, 0.2) is 0 Å². The average Bonchev–Trinajstić information content (AvgIpc) is 2.49. The zero-order valence-electron chi connectivity index (χ0n) is 11.1. The lowest BCUT2D eigenvalue weighted by atomic mass is 10.1. The summed E-state index contributed by atoms with van der Waals surface area (Å²) in [4.78, 5) is 11.4. The summed E-state index contributed by atoms with van der Waals surface area (Å²) in [6.07, 6.45) is 0. The van der Waals surface area contributed by atoms with E-state index < -0.39 is 11.8 Å². The highest BCUT2D eigenvalue weighted by molar-refractivity contribution is 9.13. The smallest absolute Gasteiger partial charge is 0.340 e. The third-order valence-corrected chi connectivity index (χ3v) is 4.73. The Hall–Kier alpha value is -1.40. The molecule has 0 bridgehead atoms. The molecular formula is C15H12Br2FNO2. The highest BCUT2D eigenvalue weighted by Gasteiger charge is 2.12. The van der Waals surface area contributed by atoms with Crippen molar-refractivity contribution in [2.45, 2.75) is 6.54 Å². The lowest BCUT2D eigenvalue weighted by molar-refractivity contribution is 0.0595. The minimum atomic E-state index is -0.692. The molecule has 0 spiro atoms. The Morgan fingerprint density at radius 2 is 1.95 bits per heavy atom. The number of esters is 1. The van der Waals surface area contributed by atoms with Crippen LogP contribution < -0.4 is 5.32 Å². The largest absolute Gasteiger partial charge is 0.465 e. The molecule has 0 unspecified atom stereocenters. The van der Waals surface area contributed by atoms with E-state index in [2.05, 4.69) is 41.9 Å². The van der Waals surface area contributed by atoms with Crippen molar-refractivity contribution in [1.82, 2.24) is 0 Å². The van der Waals surface area contributed by atoms with Gasteiger partial charge in [0.2, 0.25) is 0 Å². The van der Waals surface area contributed by atoms with Gasteiger partial charge in [0, 0.05) is 21.2 Å². The second kappa shape index (κ2) is 7.04. The molecule has 3 nitrogen and oxygen atoms in total. The minimum Gasteiger partial charge on any atom is -0.465 e. The van der Waals surface area contributed by atoms with E-state index in [4.69, 9.17) is 0 Å². The summed E-state index contributed by atoms with van der Waals surface area (Å²) < 4.78 is 20.0. The number of benzene rings is 2. The second-order valence-electron chi connectivity index (χ2n) is 4.29. The van der Waals surface area contributed by atoms with Gasteiger partial charge in [-0.25, -0.2) is 9.18 Å². The quantitative estimate of drug-likeness (QED) is 0.731. The summed E-state index contributed by atoms with van der Waals surface area (Å²) in [6.45, 7) is 0.554. The summed E-state index contributed by atoms with van der Waals surface area (Å²) in [5.41, 5.74) is 1.62. The molecule has 0 heterocycles. The summed E-state index contributed by atoms with van der Waals surface area (Å²) in [5, 5.41) is 3.14. The van der Waals surface area contributed by atoms with Crippen molar-refractivity contribution in [3.8, 4) is 0 Å². The molecule has 110 valence electrons. The summed E-state index contributed by atoms with van der Waals surface area (Å²) in [6, 6.07) is 10.1. The van der Waals surface area contributed by atoms with Crippen LogP contribution in [-0.2, 0) is 11.3 Å². The van der Waals surface area contributed by atoms with Crippen LogP contribution in [0.25, 0.3) is 0 Å². The van der Waals surface area contributed by atoms with Gasteiger partial charge in [-0.1, -0.05) is 6.07 Å². The topological polar surface area (TPSA) is 38.3 Å². The molecule has 0 saturated heterocycles. The number of ether oxygens (including phenoxy) is 1. The normalized spacial score (nSPS) is 10.3. The van der Waals surface area contributed by atoms with Gasteiger partial charge in [0.1, 0.15) is 5.82 Å². The second-order valence-corrected chi connectivity index (χ2v) is 6.00. The SMILES string of the molecule is COC(=O)c1cc(NCc2ccc(Br)c(Br)c2)ccc1F. The van der Waals surface area contributed by atoms with Crippen molar-refractivity contribution in [2.75, 3.05) is 12.4 Å². The number of nitrogens with one attached hydrogen (secondary N) is 1. The van der Waals surface area contributed by atoms with Crippen LogP contribution in [0.1, 0.15) is 15.9 Å². The van der Waals surface area contributed by atoms with Crippen LogP contribution in [0.15, 0.2) is 45.3 Å². The molecule has 0 atom stereocenters. The predicted molar refractivity (Wildman–Crippen MR) is 86.9 cm³/mol. The van der Waals surface area contributed by atoms with Crippen LogP contribution in [0.3, 0.4) is 0 Å². The van der Waals surface area contributed by atoms with Crippen molar-refractivity contribution in [1.29, 1.82) is 0 Å². The van der Waals surface area contributed by atoms with Crippen LogP contribution in [0, 0.1) is 5.82 Å². The molecule has 0 aliphatic rings. The van der Waals surface area contributed by atoms with Crippen molar-refractivity contribution in [3.05, 3.63) is 62.3 Å². The Balaban J connectivity index is 2.13. The Bertz CT molecular complexity index is 677. The molecule has 1 N–H and O–H groups in total. The molecule has 0 aliphatic carbocycles. The molecule has 0 amide bonds. The third-order valence-electron chi connectivity index (χ3n) is 2.85. The maximum absolute atomic E-state index is 13.5. The van der Waals surface area contributed by atoms with Crippen LogP contribution in [0.4, 0.5) is 10.1 Å². The molecule has 0 aromatic heterocycles. The Labute approximate surface area is 138 Å². The molecular weight excluding hydrogens is 405 g/mol. The van der Waals surface area contributed by atoms with Crippen LogP contribution in [0.5, 0.6) is 0 Å². The van der Waals surface area contributed by atoms with Gasteiger partial charge in [-0.05, 0) is 67.8 Å². The zero-order chi connectivity index (χ0) is 15.4. The highest BCUT2D eigenvalue weighted by atomic mass is 79.9. The monoisotopic (exact) mass is 415 g/mol. The van der Waals surface area contributed by atoms with Gasteiger partial charge >= 0.3 is 5.97 Å². The molecule has 21 heavy (non-hydrogen) atoms. The van der Waals surface area contributed by atoms with E-state index >= 15 is 0 Å². The number of carbonyl (C=O) groups is 1. The lowest BCUT2D eigenvalue weighted by Gasteiger charge is -2.09. The van der Waals surface area contributed by atoms with Gasteiger partial charge in [-0.2, -0.15) is 0 Å². The number of hydrogen-bond acceptors (Lipinski definition) is 3. The maximum atomic E-state index is 13.5. The summed E-state index contributed by atoms with van der Waals surface area (Å²) in [5.74, 6) is -1.29. The molecule has 2 rings (SSSR count). The fraction of sp³-hybridized carbons (Fsp3) is 0.133. The van der Waals surface area contributed by atoms with Gasteiger partial charge in [-0.15, -0.1) is 0 Å². The van der Waals surface area contributed by atoms with E-state index in [1.165, 1.54) is 19.2 Å². The van der Waals surface area contributed by atoms with Gasteiger partial charge < -0.3 is 10.1 Å². The lowest BCUT2D eigenvalue weighted by Crippen LogP contribution is -2.06. The first-order valence-corrected chi connectivity index (χ1v) is 7.65. The van der Waals surface area contributed by atoms with Crippen LogP contribution in [0.2, 0.25) is 0 Å². The molecule has 2 aromatic rings. The minimum absolute atomic E-state index is 0.0838. The first kappa shape index (κ1) is 16.0. The molecule has 0 aliphatic heterocycles. The van der Waals surface area contributed by atoms with Crippen LogP contribution >= 0.6 is 31.9 Å². The van der Waals surface area contributed by atoms with Crippen LogP contribution in [-0.4, -0.2) is 13.1 Å². The van der Waals surface area contributed by atoms with E-state index in [9.17, 15) is 9.18 Å². The van der Waals surface area contributed by atoms with Crippen molar-refractivity contribution < 1.29 is 13.9 Å². The maximum Gasteiger partial charge on any atom is 0.340 e. The fourth-order valence-electron chi connectivity index (χ4n) is 1.76. The summed E-state index contributed by atoms with van der Waals surface area (Å²) >= 11 is 6.84. The van der Waals surface area contributed by atoms with E-state index in [0.717, 1.165) is 14.5 Å². The number of methoxy groups -OCH3 is 1. The number of carbonyl (C=O) groups excluding carboxylic acids is 1. The van der Waals surface area contributed by atoms with Gasteiger partial charge in [-0.3, -0.25) is 0 Å². The van der Waals surface area contributed by atoms with Crippen molar-refractivity contribution in [2.24, 2.45) is 0 Å².